The van der Waals surface area contributed by atoms with Crippen molar-refractivity contribution in [3.63, 3.8) is 0 Å². The van der Waals surface area contributed by atoms with E-state index in [2.05, 4.69) is 114 Å². The van der Waals surface area contributed by atoms with E-state index in [0.29, 0.717) is 17.5 Å². The second-order valence-electron chi connectivity index (χ2n) is 13.6. The Balaban J connectivity index is 1.26. The van der Waals surface area contributed by atoms with Gasteiger partial charge < -0.3 is 8.98 Å². The van der Waals surface area contributed by atoms with Gasteiger partial charge in [0, 0.05) is 44.3 Å². The van der Waals surface area contributed by atoms with Crippen molar-refractivity contribution in [3.05, 3.63) is 182 Å². The number of aromatic nitrogens is 4. The molecule has 0 N–H and O–H groups in total. The molecular formula is C49H30N4O. The van der Waals surface area contributed by atoms with Crippen molar-refractivity contribution < 1.29 is 4.42 Å². The van der Waals surface area contributed by atoms with Crippen LogP contribution < -0.4 is 0 Å². The molecule has 0 aliphatic heterocycles. The predicted molar refractivity (Wildman–Crippen MR) is 221 cm³/mol. The zero-order valence-electron chi connectivity index (χ0n) is 29.0. The number of benzene rings is 8. The summed E-state index contributed by atoms with van der Waals surface area (Å²) in [6.45, 7) is 0. The summed E-state index contributed by atoms with van der Waals surface area (Å²) in [5.74, 6) is 1.81. The molecule has 0 unspecified atom stereocenters. The number of nitrogens with zero attached hydrogens (tertiary/aromatic N) is 4. The molecule has 3 heterocycles. The van der Waals surface area contributed by atoms with Gasteiger partial charge in [0.1, 0.15) is 11.2 Å². The number of rotatable bonds is 5. The Morgan fingerprint density at radius 3 is 1.70 bits per heavy atom. The molecular weight excluding hydrogens is 661 g/mol. The molecule has 11 aromatic rings. The summed E-state index contributed by atoms with van der Waals surface area (Å²) in [7, 11) is 0. The lowest BCUT2D eigenvalue weighted by molar-refractivity contribution is 0.668. The van der Waals surface area contributed by atoms with Gasteiger partial charge in [-0.1, -0.05) is 152 Å². The lowest BCUT2D eigenvalue weighted by Gasteiger charge is -2.13. The highest BCUT2D eigenvalue weighted by Crippen LogP contribution is 2.43. The molecule has 3 aromatic heterocycles. The standard InChI is InChI=1S/C49H30N4O/c1-4-14-31(15-5-1)35-24-26-38-42(28-35)53(41-27-25-32-16-10-11-21-37(32)45(38)41)36-29-40(46-39-22-12-13-23-43(39)54-44(46)30-36)49-51-47(33-17-6-2-7-18-33)50-48(52-49)34-19-8-3-9-20-34/h1-30H. The van der Waals surface area contributed by atoms with Crippen LogP contribution in [0.5, 0.6) is 0 Å². The third-order valence-corrected chi connectivity index (χ3v) is 10.4. The molecule has 54 heavy (non-hydrogen) atoms. The molecule has 0 fully saturated rings. The summed E-state index contributed by atoms with van der Waals surface area (Å²) in [6, 6.07) is 63.3. The molecule has 252 valence electrons. The predicted octanol–water partition coefficient (Wildman–Crippen LogP) is 12.7. The largest absolute Gasteiger partial charge is 0.456 e. The van der Waals surface area contributed by atoms with E-state index >= 15 is 0 Å². The number of furan rings is 1. The zero-order valence-corrected chi connectivity index (χ0v) is 29.0. The Morgan fingerprint density at radius 2 is 0.981 bits per heavy atom. The molecule has 0 radical (unpaired) electrons. The van der Waals surface area contributed by atoms with Gasteiger partial charge >= 0.3 is 0 Å². The van der Waals surface area contributed by atoms with E-state index in [1.54, 1.807) is 0 Å². The van der Waals surface area contributed by atoms with E-state index in [1.165, 1.54) is 27.1 Å². The highest BCUT2D eigenvalue weighted by molar-refractivity contribution is 6.22. The highest BCUT2D eigenvalue weighted by atomic mass is 16.3. The Bertz CT molecular complexity index is 3140. The summed E-state index contributed by atoms with van der Waals surface area (Å²) in [5.41, 5.74) is 9.79. The van der Waals surface area contributed by atoms with Crippen LogP contribution in [-0.4, -0.2) is 19.5 Å². The van der Waals surface area contributed by atoms with Crippen molar-refractivity contribution >= 4 is 54.5 Å². The maximum Gasteiger partial charge on any atom is 0.164 e. The number of para-hydroxylation sites is 1. The first-order valence-electron chi connectivity index (χ1n) is 18.1. The molecule has 0 spiro atoms. The minimum Gasteiger partial charge on any atom is -0.456 e. The summed E-state index contributed by atoms with van der Waals surface area (Å²) in [4.78, 5) is 15.4. The van der Waals surface area contributed by atoms with Gasteiger partial charge in [0.15, 0.2) is 17.5 Å². The van der Waals surface area contributed by atoms with E-state index in [4.69, 9.17) is 19.4 Å². The van der Waals surface area contributed by atoms with Crippen LogP contribution in [0.4, 0.5) is 0 Å². The summed E-state index contributed by atoms with van der Waals surface area (Å²) >= 11 is 0. The van der Waals surface area contributed by atoms with Gasteiger partial charge in [0.2, 0.25) is 0 Å². The molecule has 11 rings (SSSR count). The fourth-order valence-electron chi connectivity index (χ4n) is 7.95. The van der Waals surface area contributed by atoms with Crippen LogP contribution in [0, 0.1) is 0 Å². The van der Waals surface area contributed by atoms with Gasteiger partial charge in [-0.05, 0) is 46.2 Å². The molecule has 5 heteroatoms. The SMILES string of the molecule is c1ccc(-c2ccc3c4c5ccccc5ccc4n(-c4cc(-c5nc(-c6ccccc6)nc(-c6ccccc6)n5)c5c(c4)oc4ccccc45)c3c2)cc1. The quantitative estimate of drug-likeness (QED) is 0.180. The number of hydrogen-bond acceptors (Lipinski definition) is 4. The maximum atomic E-state index is 6.69. The van der Waals surface area contributed by atoms with Crippen LogP contribution in [0.3, 0.4) is 0 Å². The molecule has 5 nitrogen and oxygen atoms in total. The van der Waals surface area contributed by atoms with Crippen LogP contribution in [0.2, 0.25) is 0 Å². The van der Waals surface area contributed by atoms with E-state index in [1.807, 2.05) is 72.8 Å². The smallest absolute Gasteiger partial charge is 0.164 e. The third kappa shape index (κ3) is 4.83. The normalized spacial score (nSPS) is 11.7. The Hall–Kier alpha value is -7.37. The molecule has 0 aliphatic rings. The molecule has 0 amide bonds. The van der Waals surface area contributed by atoms with Gasteiger partial charge in [-0.3, -0.25) is 0 Å². The van der Waals surface area contributed by atoms with Crippen molar-refractivity contribution in [1.82, 2.24) is 19.5 Å². The van der Waals surface area contributed by atoms with Crippen molar-refractivity contribution in [2.75, 3.05) is 0 Å². The molecule has 0 aliphatic carbocycles. The summed E-state index contributed by atoms with van der Waals surface area (Å²) < 4.78 is 9.06. The first kappa shape index (κ1) is 30.3. The molecule has 8 aromatic carbocycles. The van der Waals surface area contributed by atoms with Crippen LogP contribution in [-0.2, 0) is 0 Å². The fraction of sp³-hybridized carbons (Fsp3) is 0. The van der Waals surface area contributed by atoms with Crippen molar-refractivity contribution in [3.8, 4) is 51.0 Å². The monoisotopic (exact) mass is 690 g/mol. The Kier molecular flexibility index (Phi) is 6.79. The number of hydrogen-bond donors (Lipinski definition) is 0. The average Bonchev–Trinajstić information content (AvgIpc) is 3.80. The zero-order chi connectivity index (χ0) is 35.6. The van der Waals surface area contributed by atoms with Gasteiger partial charge in [0.25, 0.3) is 0 Å². The van der Waals surface area contributed by atoms with Crippen molar-refractivity contribution in [2.45, 2.75) is 0 Å². The van der Waals surface area contributed by atoms with Gasteiger partial charge in [0.05, 0.1) is 16.7 Å². The van der Waals surface area contributed by atoms with Crippen molar-refractivity contribution in [2.24, 2.45) is 0 Å². The Labute approximate surface area is 310 Å². The van der Waals surface area contributed by atoms with E-state index in [-0.39, 0.29) is 0 Å². The van der Waals surface area contributed by atoms with Crippen molar-refractivity contribution in [1.29, 1.82) is 0 Å². The molecule has 0 saturated carbocycles. The van der Waals surface area contributed by atoms with Gasteiger partial charge in [-0.2, -0.15) is 0 Å². The highest BCUT2D eigenvalue weighted by Gasteiger charge is 2.22. The van der Waals surface area contributed by atoms with Gasteiger partial charge in [-0.15, -0.1) is 0 Å². The third-order valence-electron chi connectivity index (χ3n) is 10.4. The number of fused-ring (bicyclic) bond motifs is 8. The maximum absolute atomic E-state index is 6.69. The molecule has 0 atom stereocenters. The van der Waals surface area contributed by atoms with E-state index in [9.17, 15) is 0 Å². The molecule has 0 saturated heterocycles. The topological polar surface area (TPSA) is 56.7 Å². The minimum absolute atomic E-state index is 0.581. The van der Waals surface area contributed by atoms with Crippen LogP contribution in [0.15, 0.2) is 186 Å². The minimum atomic E-state index is 0.581. The average molecular weight is 691 g/mol. The fourth-order valence-corrected chi connectivity index (χ4v) is 7.95. The molecule has 0 bridgehead atoms. The first-order chi connectivity index (χ1) is 26.8. The van der Waals surface area contributed by atoms with Crippen LogP contribution >= 0.6 is 0 Å². The lowest BCUT2D eigenvalue weighted by Crippen LogP contribution is -2.01. The van der Waals surface area contributed by atoms with Crippen LogP contribution in [0.25, 0.3) is 105 Å². The Morgan fingerprint density at radius 1 is 0.370 bits per heavy atom. The second kappa shape index (κ2) is 12.1. The summed E-state index contributed by atoms with van der Waals surface area (Å²) in [6.07, 6.45) is 0. The lowest BCUT2D eigenvalue weighted by atomic mass is 10.0. The van der Waals surface area contributed by atoms with E-state index in [0.717, 1.165) is 60.9 Å². The van der Waals surface area contributed by atoms with Crippen LogP contribution in [0.1, 0.15) is 0 Å². The van der Waals surface area contributed by atoms with E-state index < -0.39 is 0 Å². The summed E-state index contributed by atoms with van der Waals surface area (Å²) in [5, 5.41) is 6.80. The first-order valence-corrected chi connectivity index (χ1v) is 18.1. The van der Waals surface area contributed by atoms with Gasteiger partial charge in [-0.25, -0.2) is 15.0 Å². The second-order valence-corrected chi connectivity index (χ2v) is 13.6.